The van der Waals surface area contributed by atoms with E-state index in [1.54, 1.807) is 17.4 Å². The molecule has 1 fully saturated rings. The predicted octanol–water partition coefficient (Wildman–Crippen LogP) is 3.08. The topological polar surface area (TPSA) is 40.5 Å². The van der Waals surface area contributed by atoms with E-state index in [9.17, 15) is 4.79 Å². The first-order valence-electron chi connectivity index (χ1n) is 6.28. The lowest BCUT2D eigenvalue weighted by molar-refractivity contribution is -0.131. The summed E-state index contributed by atoms with van der Waals surface area (Å²) in [6, 6.07) is 4.74. The lowest BCUT2D eigenvalue weighted by Crippen LogP contribution is -2.25. The van der Waals surface area contributed by atoms with Crippen LogP contribution in [0.4, 0.5) is 0 Å². The largest absolute Gasteiger partial charge is 0.478 e. The van der Waals surface area contributed by atoms with Crippen molar-refractivity contribution in [3.8, 4) is 0 Å². The highest BCUT2D eigenvalue weighted by Gasteiger charge is 2.25. The summed E-state index contributed by atoms with van der Waals surface area (Å²) >= 11 is 1.67. The van der Waals surface area contributed by atoms with Crippen LogP contribution in [0.25, 0.3) is 6.08 Å². The molecule has 2 unspecified atom stereocenters. The van der Waals surface area contributed by atoms with Gasteiger partial charge in [-0.25, -0.2) is 4.79 Å². The predicted molar refractivity (Wildman–Crippen MR) is 74.6 cm³/mol. The second-order valence-corrected chi connectivity index (χ2v) is 6.29. The lowest BCUT2D eigenvalue weighted by Gasteiger charge is -2.19. The minimum Gasteiger partial charge on any atom is -0.478 e. The lowest BCUT2D eigenvalue weighted by atomic mass is 10.1. The molecule has 2 heterocycles. The van der Waals surface area contributed by atoms with Gasteiger partial charge < -0.3 is 5.11 Å². The third kappa shape index (κ3) is 3.43. The maximum absolute atomic E-state index is 10.4. The number of thiophene rings is 1. The van der Waals surface area contributed by atoms with Crippen LogP contribution in [-0.4, -0.2) is 28.6 Å². The van der Waals surface area contributed by atoms with Crippen LogP contribution in [0.5, 0.6) is 0 Å². The number of carbonyl (C=O) groups is 1. The Labute approximate surface area is 112 Å². The third-order valence-corrected chi connectivity index (χ3v) is 4.38. The molecule has 3 nitrogen and oxygen atoms in total. The molecule has 0 aromatic carbocycles. The summed E-state index contributed by atoms with van der Waals surface area (Å²) in [6.07, 6.45) is 4.12. The summed E-state index contributed by atoms with van der Waals surface area (Å²) in [5.74, 6) is -0.113. The summed E-state index contributed by atoms with van der Waals surface area (Å²) in [6.45, 7) is 6.73. The van der Waals surface area contributed by atoms with Gasteiger partial charge >= 0.3 is 5.97 Å². The summed E-state index contributed by atoms with van der Waals surface area (Å²) in [5, 5.41) is 8.58. The van der Waals surface area contributed by atoms with Crippen molar-refractivity contribution < 1.29 is 9.90 Å². The normalized spacial score (nSPS) is 25.0. The average Bonchev–Trinajstić information content (AvgIpc) is 2.84. The molecule has 4 heteroatoms. The third-order valence-electron chi connectivity index (χ3n) is 3.34. The van der Waals surface area contributed by atoms with Crippen LogP contribution in [0.1, 0.15) is 30.0 Å². The summed E-state index contributed by atoms with van der Waals surface area (Å²) < 4.78 is 0. The summed E-state index contributed by atoms with van der Waals surface area (Å²) in [7, 11) is 0. The molecule has 1 aromatic heterocycles. The van der Waals surface area contributed by atoms with Crippen LogP contribution in [0.3, 0.4) is 0 Å². The standard InChI is InChI=1S/C14H19NO2S/c1-10-7-11(2)15(8-10)9-13-4-3-12(18-13)5-6-14(16)17/h3-6,10-11H,7-9H2,1-2H3,(H,16,17)/b6-5+. The van der Waals surface area contributed by atoms with Crippen LogP contribution in [-0.2, 0) is 11.3 Å². The monoisotopic (exact) mass is 265 g/mol. The van der Waals surface area contributed by atoms with E-state index >= 15 is 0 Å². The van der Waals surface area contributed by atoms with Crippen LogP contribution >= 0.6 is 11.3 Å². The molecule has 1 aromatic rings. The molecular formula is C14H19NO2S. The smallest absolute Gasteiger partial charge is 0.328 e. The SMILES string of the molecule is CC1CC(C)N(Cc2ccc(/C=C/C(=O)O)s2)C1. The van der Waals surface area contributed by atoms with Gasteiger partial charge in [-0.3, -0.25) is 4.90 Å². The maximum Gasteiger partial charge on any atom is 0.328 e. The van der Waals surface area contributed by atoms with Crippen molar-refractivity contribution in [1.29, 1.82) is 0 Å². The molecule has 2 rings (SSSR count). The second-order valence-electron chi connectivity index (χ2n) is 5.09. The number of carboxylic acids is 1. The molecular weight excluding hydrogens is 246 g/mol. The zero-order valence-electron chi connectivity index (χ0n) is 10.8. The van der Waals surface area contributed by atoms with E-state index < -0.39 is 5.97 Å². The van der Waals surface area contributed by atoms with E-state index in [1.165, 1.54) is 23.9 Å². The Morgan fingerprint density at radius 2 is 2.33 bits per heavy atom. The minimum absolute atomic E-state index is 0.653. The minimum atomic E-state index is -0.896. The Balaban J connectivity index is 1.96. The highest BCUT2D eigenvalue weighted by molar-refractivity contribution is 7.12. The number of carboxylic acid groups (broad SMARTS) is 1. The average molecular weight is 265 g/mol. The molecule has 0 saturated carbocycles. The molecule has 18 heavy (non-hydrogen) atoms. The van der Waals surface area contributed by atoms with Crippen molar-refractivity contribution in [2.24, 2.45) is 5.92 Å². The summed E-state index contributed by atoms with van der Waals surface area (Å²) in [4.78, 5) is 15.3. The molecule has 0 radical (unpaired) electrons. The number of nitrogens with zero attached hydrogens (tertiary/aromatic N) is 1. The van der Waals surface area contributed by atoms with Gasteiger partial charge in [0.05, 0.1) is 0 Å². The number of hydrogen-bond donors (Lipinski definition) is 1. The van der Waals surface area contributed by atoms with Crippen LogP contribution in [0.2, 0.25) is 0 Å². The van der Waals surface area contributed by atoms with E-state index in [0.717, 1.165) is 17.3 Å². The van der Waals surface area contributed by atoms with E-state index in [2.05, 4.69) is 24.8 Å². The van der Waals surface area contributed by atoms with Gasteiger partial charge in [0.25, 0.3) is 0 Å². The fourth-order valence-electron chi connectivity index (χ4n) is 2.53. The zero-order chi connectivity index (χ0) is 13.1. The van der Waals surface area contributed by atoms with Crippen LogP contribution in [0.15, 0.2) is 18.2 Å². The number of hydrogen-bond acceptors (Lipinski definition) is 3. The van der Waals surface area contributed by atoms with Crippen LogP contribution < -0.4 is 0 Å². The highest BCUT2D eigenvalue weighted by atomic mass is 32.1. The number of rotatable bonds is 4. The van der Waals surface area contributed by atoms with Gasteiger partial charge in [-0.15, -0.1) is 11.3 Å². The van der Waals surface area contributed by atoms with Gasteiger partial charge in [-0.2, -0.15) is 0 Å². The molecule has 1 saturated heterocycles. The van der Waals surface area contributed by atoms with Crippen molar-refractivity contribution in [1.82, 2.24) is 4.90 Å². The molecule has 1 aliphatic heterocycles. The van der Waals surface area contributed by atoms with Crippen LogP contribution in [0, 0.1) is 5.92 Å². The quantitative estimate of drug-likeness (QED) is 0.851. The Hall–Kier alpha value is -1.13. The fourth-order valence-corrected chi connectivity index (χ4v) is 3.47. The molecule has 0 aliphatic carbocycles. The second kappa shape index (κ2) is 5.67. The first kappa shape index (κ1) is 13.3. The van der Waals surface area contributed by atoms with Crippen molar-refractivity contribution in [2.45, 2.75) is 32.9 Å². The molecule has 98 valence electrons. The number of aliphatic carboxylic acids is 1. The van der Waals surface area contributed by atoms with Gasteiger partial charge in [0.1, 0.15) is 0 Å². The van der Waals surface area contributed by atoms with Gasteiger partial charge in [0.2, 0.25) is 0 Å². The molecule has 0 amide bonds. The molecule has 1 aliphatic rings. The van der Waals surface area contributed by atoms with Crippen molar-refractivity contribution >= 4 is 23.4 Å². The van der Waals surface area contributed by atoms with Gasteiger partial charge in [0, 0.05) is 35.0 Å². The molecule has 0 spiro atoms. The van der Waals surface area contributed by atoms with Crippen molar-refractivity contribution in [3.05, 3.63) is 28.0 Å². The van der Waals surface area contributed by atoms with Crippen molar-refractivity contribution in [3.63, 3.8) is 0 Å². The summed E-state index contributed by atoms with van der Waals surface area (Å²) in [5.41, 5.74) is 0. The Morgan fingerprint density at radius 3 is 2.94 bits per heavy atom. The van der Waals surface area contributed by atoms with Gasteiger partial charge in [-0.1, -0.05) is 6.92 Å². The maximum atomic E-state index is 10.4. The molecule has 2 atom stereocenters. The highest BCUT2D eigenvalue weighted by Crippen LogP contribution is 2.27. The van der Waals surface area contributed by atoms with E-state index in [1.807, 2.05) is 6.07 Å². The molecule has 1 N–H and O–H groups in total. The van der Waals surface area contributed by atoms with Crippen molar-refractivity contribution in [2.75, 3.05) is 6.54 Å². The zero-order valence-corrected chi connectivity index (χ0v) is 11.6. The molecule has 0 bridgehead atoms. The van der Waals surface area contributed by atoms with Gasteiger partial charge in [0.15, 0.2) is 0 Å². The Kier molecular flexibility index (Phi) is 4.19. The Morgan fingerprint density at radius 1 is 1.56 bits per heavy atom. The fraction of sp³-hybridized carbons (Fsp3) is 0.500. The first-order valence-corrected chi connectivity index (χ1v) is 7.10. The van der Waals surface area contributed by atoms with E-state index in [-0.39, 0.29) is 0 Å². The van der Waals surface area contributed by atoms with Gasteiger partial charge in [-0.05, 0) is 37.5 Å². The number of likely N-dealkylation sites (tertiary alicyclic amines) is 1. The first-order chi connectivity index (χ1) is 8.54. The van der Waals surface area contributed by atoms with E-state index in [4.69, 9.17) is 5.11 Å². The Bertz CT molecular complexity index is 452. The van der Waals surface area contributed by atoms with E-state index in [0.29, 0.717) is 6.04 Å².